The van der Waals surface area contributed by atoms with Crippen LogP contribution in [0.3, 0.4) is 0 Å². The SMILES string of the molecule is COC(=O)c1cc(C)c(N2C(N)=NC(N)=NC23CCCCC3)cc1Cl. The number of methoxy groups -OCH3 is 1. The van der Waals surface area contributed by atoms with Crippen LogP contribution in [-0.4, -0.2) is 30.7 Å². The first-order chi connectivity index (χ1) is 11.9. The molecule has 1 spiro atoms. The molecule has 1 fully saturated rings. The zero-order chi connectivity index (χ0) is 18.2. The molecule has 3 rings (SSSR count). The van der Waals surface area contributed by atoms with Crippen LogP contribution in [0.4, 0.5) is 5.69 Å². The van der Waals surface area contributed by atoms with Crippen LogP contribution in [0.25, 0.3) is 0 Å². The van der Waals surface area contributed by atoms with Gasteiger partial charge >= 0.3 is 5.97 Å². The van der Waals surface area contributed by atoms with E-state index in [-0.39, 0.29) is 5.96 Å². The van der Waals surface area contributed by atoms with Gasteiger partial charge < -0.3 is 16.2 Å². The molecule has 0 atom stereocenters. The van der Waals surface area contributed by atoms with E-state index in [0.717, 1.165) is 43.4 Å². The monoisotopic (exact) mass is 363 g/mol. The fraction of sp³-hybridized carbons (Fsp3) is 0.471. The number of hydrogen-bond acceptors (Lipinski definition) is 7. The molecule has 2 aliphatic rings. The third-order valence-electron chi connectivity index (χ3n) is 4.78. The molecule has 1 aliphatic carbocycles. The third kappa shape index (κ3) is 3.04. The molecule has 25 heavy (non-hydrogen) atoms. The molecule has 0 unspecified atom stereocenters. The lowest BCUT2D eigenvalue weighted by molar-refractivity contribution is 0.0601. The average Bonchev–Trinajstić information content (AvgIpc) is 2.56. The predicted molar refractivity (Wildman–Crippen MR) is 99.1 cm³/mol. The van der Waals surface area contributed by atoms with Gasteiger partial charge in [-0.25, -0.2) is 9.79 Å². The van der Waals surface area contributed by atoms with Gasteiger partial charge in [-0.05, 0) is 50.3 Å². The normalized spacial score (nSPS) is 19.4. The second-order valence-corrected chi connectivity index (χ2v) is 6.84. The molecular formula is C17H22ClN5O2. The van der Waals surface area contributed by atoms with Crippen LogP contribution in [0.15, 0.2) is 22.1 Å². The number of carbonyl (C=O) groups excluding carboxylic acids is 1. The number of hydrogen-bond donors (Lipinski definition) is 2. The molecule has 134 valence electrons. The number of nitrogens with two attached hydrogens (primary N) is 2. The van der Waals surface area contributed by atoms with Gasteiger partial charge in [-0.1, -0.05) is 18.0 Å². The van der Waals surface area contributed by atoms with Gasteiger partial charge in [0.2, 0.25) is 11.9 Å². The van der Waals surface area contributed by atoms with Crippen LogP contribution in [-0.2, 0) is 4.74 Å². The number of ether oxygens (including phenoxy) is 1. The van der Waals surface area contributed by atoms with Crippen molar-refractivity contribution in [3.05, 3.63) is 28.3 Å². The molecule has 1 aliphatic heterocycles. The molecule has 8 heteroatoms. The molecule has 1 aromatic rings. The van der Waals surface area contributed by atoms with Gasteiger partial charge in [0.15, 0.2) is 0 Å². The lowest BCUT2D eigenvalue weighted by Crippen LogP contribution is -2.58. The first-order valence-electron chi connectivity index (χ1n) is 8.26. The van der Waals surface area contributed by atoms with E-state index >= 15 is 0 Å². The first-order valence-corrected chi connectivity index (χ1v) is 8.64. The zero-order valence-electron chi connectivity index (χ0n) is 14.4. The van der Waals surface area contributed by atoms with E-state index in [4.69, 9.17) is 27.8 Å². The van der Waals surface area contributed by atoms with Crippen LogP contribution in [0.1, 0.15) is 48.0 Å². The number of esters is 1. The van der Waals surface area contributed by atoms with E-state index < -0.39 is 11.6 Å². The van der Waals surface area contributed by atoms with Gasteiger partial charge in [0.05, 0.1) is 23.4 Å². The van der Waals surface area contributed by atoms with E-state index in [1.54, 1.807) is 12.1 Å². The molecular weight excluding hydrogens is 342 g/mol. The smallest absolute Gasteiger partial charge is 0.339 e. The van der Waals surface area contributed by atoms with E-state index in [1.807, 2.05) is 11.8 Å². The first kappa shape index (κ1) is 17.5. The predicted octanol–water partition coefficient (Wildman–Crippen LogP) is 2.54. The van der Waals surface area contributed by atoms with Crippen molar-refractivity contribution in [1.82, 2.24) is 0 Å². The van der Waals surface area contributed by atoms with Crippen LogP contribution >= 0.6 is 11.6 Å². The maximum atomic E-state index is 11.9. The zero-order valence-corrected chi connectivity index (χ0v) is 15.1. The number of rotatable bonds is 2. The van der Waals surface area contributed by atoms with Crippen LogP contribution in [0, 0.1) is 6.92 Å². The molecule has 1 aromatic carbocycles. The second-order valence-electron chi connectivity index (χ2n) is 6.43. The van der Waals surface area contributed by atoms with Gasteiger partial charge in [-0.2, -0.15) is 4.99 Å². The standard InChI is InChI=1S/C17H22ClN5O2/c1-10-8-11(14(24)25-2)12(18)9-13(10)23-16(20)21-15(19)22-17(23)6-4-3-5-7-17/h8-9H,3-7H2,1-2H3,(H4,19,20,21,22). The molecule has 0 amide bonds. The minimum atomic E-state index is -0.547. The van der Waals surface area contributed by atoms with Gasteiger partial charge in [-0.15, -0.1) is 0 Å². The summed E-state index contributed by atoms with van der Waals surface area (Å²) >= 11 is 6.33. The Morgan fingerprint density at radius 1 is 1.28 bits per heavy atom. The average molecular weight is 364 g/mol. The maximum Gasteiger partial charge on any atom is 0.339 e. The van der Waals surface area contributed by atoms with Crippen molar-refractivity contribution >= 4 is 35.2 Å². The number of aliphatic imine (C=N–C) groups is 2. The van der Waals surface area contributed by atoms with Crippen molar-refractivity contribution in [2.45, 2.75) is 44.7 Å². The highest BCUT2D eigenvalue weighted by molar-refractivity contribution is 6.34. The largest absolute Gasteiger partial charge is 0.465 e. The highest BCUT2D eigenvalue weighted by Gasteiger charge is 2.43. The molecule has 1 heterocycles. The van der Waals surface area contributed by atoms with Crippen LogP contribution in [0.5, 0.6) is 0 Å². The Labute approximate surface area is 151 Å². The number of carbonyl (C=O) groups is 1. The highest BCUT2D eigenvalue weighted by atomic mass is 35.5. The summed E-state index contributed by atoms with van der Waals surface area (Å²) in [7, 11) is 1.33. The van der Waals surface area contributed by atoms with Crippen LogP contribution < -0.4 is 16.4 Å². The summed E-state index contributed by atoms with van der Waals surface area (Å²) in [4.78, 5) is 22.6. The van der Waals surface area contributed by atoms with Crippen LogP contribution in [0.2, 0.25) is 5.02 Å². The maximum absolute atomic E-state index is 11.9. The fourth-order valence-corrected chi connectivity index (χ4v) is 3.88. The number of anilines is 1. The second kappa shape index (κ2) is 6.55. The van der Waals surface area contributed by atoms with Crippen molar-refractivity contribution < 1.29 is 9.53 Å². The van der Waals surface area contributed by atoms with E-state index in [0.29, 0.717) is 16.5 Å². The van der Waals surface area contributed by atoms with Gasteiger partial charge in [0.1, 0.15) is 5.66 Å². The Bertz CT molecular complexity index is 769. The molecule has 4 N–H and O–H groups in total. The van der Waals surface area contributed by atoms with Crippen molar-refractivity contribution in [3.63, 3.8) is 0 Å². The number of benzene rings is 1. The van der Waals surface area contributed by atoms with Crippen molar-refractivity contribution in [2.75, 3.05) is 12.0 Å². The summed E-state index contributed by atoms with van der Waals surface area (Å²) in [6, 6.07) is 3.42. The van der Waals surface area contributed by atoms with Crippen molar-refractivity contribution in [3.8, 4) is 0 Å². The van der Waals surface area contributed by atoms with Gasteiger partial charge in [-0.3, -0.25) is 4.90 Å². The molecule has 7 nitrogen and oxygen atoms in total. The van der Waals surface area contributed by atoms with Gasteiger partial charge in [0.25, 0.3) is 0 Å². The lowest BCUT2D eigenvalue weighted by Gasteiger charge is -2.46. The topological polar surface area (TPSA) is 106 Å². The minimum Gasteiger partial charge on any atom is -0.465 e. The van der Waals surface area contributed by atoms with Crippen molar-refractivity contribution in [2.24, 2.45) is 21.5 Å². The summed E-state index contributed by atoms with van der Waals surface area (Å²) in [6.45, 7) is 1.89. The third-order valence-corrected chi connectivity index (χ3v) is 5.10. The summed E-state index contributed by atoms with van der Waals surface area (Å²) < 4.78 is 4.78. The molecule has 0 radical (unpaired) electrons. The summed E-state index contributed by atoms with van der Waals surface area (Å²) in [5.41, 5.74) is 13.5. The Morgan fingerprint density at radius 3 is 2.60 bits per heavy atom. The Kier molecular flexibility index (Phi) is 4.60. The molecule has 0 aromatic heterocycles. The summed E-state index contributed by atoms with van der Waals surface area (Å²) in [6.07, 6.45) is 4.89. The Balaban J connectivity index is 2.11. The van der Waals surface area contributed by atoms with E-state index in [2.05, 4.69) is 9.98 Å². The number of nitrogens with zero attached hydrogens (tertiary/aromatic N) is 3. The van der Waals surface area contributed by atoms with E-state index in [1.165, 1.54) is 7.11 Å². The summed E-state index contributed by atoms with van der Waals surface area (Å²) in [5, 5.41) is 0.300. The number of halogens is 1. The van der Waals surface area contributed by atoms with E-state index in [9.17, 15) is 4.79 Å². The Hall–Kier alpha value is -2.28. The lowest BCUT2D eigenvalue weighted by atomic mass is 9.87. The Morgan fingerprint density at radius 2 is 1.96 bits per heavy atom. The summed E-state index contributed by atoms with van der Waals surface area (Å²) in [5.74, 6) is 0.0135. The molecule has 0 bridgehead atoms. The fourth-order valence-electron chi connectivity index (χ4n) is 3.65. The van der Waals surface area contributed by atoms with Gasteiger partial charge in [0, 0.05) is 0 Å². The number of guanidine groups is 2. The minimum absolute atomic E-state index is 0.200. The quantitative estimate of drug-likeness (QED) is 0.785. The molecule has 1 saturated carbocycles. The number of aryl methyl sites for hydroxylation is 1. The molecule has 0 saturated heterocycles. The van der Waals surface area contributed by atoms with Crippen molar-refractivity contribution in [1.29, 1.82) is 0 Å². The highest BCUT2D eigenvalue weighted by Crippen LogP contribution is 2.41.